The van der Waals surface area contributed by atoms with Gasteiger partial charge < -0.3 is 10.6 Å². The number of rotatable bonds is 2. The van der Waals surface area contributed by atoms with Crippen LogP contribution < -0.4 is 10.6 Å². The predicted molar refractivity (Wildman–Crippen MR) is 73.1 cm³/mol. The van der Waals surface area contributed by atoms with Crippen LogP contribution in [-0.2, 0) is 0 Å². The standard InChI is InChI=1S/C15H20F2N2/c16-12-8-11(18)9-13(17)15(12)19-7-3-6-14(19)10-4-1-2-5-10/h8-10,14H,1-7,18H2. The maximum Gasteiger partial charge on any atom is 0.151 e. The molecule has 1 aliphatic carbocycles. The number of nitrogens with two attached hydrogens (primary N) is 1. The van der Waals surface area contributed by atoms with Gasteiger partial charge in [0.2, 0.25) is 0 Å². The van der Waals surface area contributed by atoms with E-state index in [1.165, 1.54) is 37.8 Å². The number of benzene rings is 1. The molecule has 1 saturated carbocycles. The Morgan fingerprint density at radius 2 is 1.63 bits per heavy atom. The van der Waals surface area contributed by atoms with Crippen molar-refractivity contribution in [2.75, 3.05) is 17.2 Å². The zero-order valence-electron chi connectivity index (χ0n) is 11.0. The largest absolute Gasteiger partial charge is 0.399 e. The topological polar surface area (TPSA) is 29.3 Å². The molecule has 3 rings (SSSR count). The van der Waals surface area contributed by atoms with E-state index in [-0.39, 0.29) is 11.4 Å². The van der Waals surface area contributed by atoms with Crippen LogP contribution in [0.3, 0.4) is 0 Å². The van der Waals surface area contributed by atoms with Gasteiger partial charge in [0, 0.05) is 18.3 Å². The van der Waals surface area contributed by atoms with E-state index in [1.54, 1.807) is 0 Å². The molecule has 1 unspecified atom stereocenters. The lowest BCUT2D eigenvalue weighted by atomic mass is 9.95. The predicted octanol–water partition coefficient (Wildman–Crippen LogP) is 3.71. The average molecular weight is 266 g/mol. The fraction of sp³-hybridized carbons (Fsp3) is 0.600. The molecule has 1 aromatic rings. The number of halogens is 2. The number of nitrogen functional groups attached to an aromatic ring is 1. The second kappa shape index (κ2) is 4.99. The molecule has 1 atom stereocenters. The molecule has 1 heterocycles. The van der Waals surface area contributed by atoms with Gasteiger partial charge in [0.25, 0.3) is 0 Å². The second-order valence-electron chi connectivity index (χ2n) is 5.78. The van der Waals surface area contributed by atoms with Crippen LogP contribution in [0.4, 0.5) is 20.2 Å². The highest BCUT2D eigenvalue weighted by molar-refractivity contribution is 5.57. The molecule has 0 spiro atoms. The van der Waals surface area contributed by atoms with Gasteiger partial charge in [-0.25, -0.2) is 8.78 Å². The molecule has 2 nitrogen and oxygen atoms in total. The first kappa shape index (κ1) is 12.7. The minimum absolute atomic E-state index is 0.128. The molecule has 0 aromatic heterocycles. The Hall–Kier alpha value is -1.32. The summed E-state index contributed by atoms with van der Waals surface area (Å²) >= 11 is 0. The summed E-state index contributed by atoms with van der Waals surface area (Å²) < 4.78 is 28.1. The van der Waals surface area contributed by atoms with Crippen molar-refractivity contribution >= 4 is 11.4 Å². The first-order valence-corrected chi connectivity index (χ1v) is 7.18. The molecule has 19 heavy (non-hydrogen) atoms. The van der Waals surface area contributed by atoms with Crippen LogP contribution in [0.5, 0.6) is 0 Å². The molecule has 2 fully saturated rings. The number of hydrogen-bond donors (Lipinski definition) is 1. The van der Waals surface area contributed by atoms with Gasteiger partial charge in [-0.2, -0.15) is 0 Å². The van der Waals surface area contributed by atoms with Crippen molar-refractivity contribution in [2.24, 2.45) is 5.92 Å². The molecule has 4 heteroatoms. The summed E-state index contributed by atoms with van der Waals surface area (Å²) in [6.07, 6.45) is 6.96. The Bertz CT molecular complexity index is 446. The van der Waals surface area contributed by atoms with Crippen LogP contribution in [0.2, 0.25) is 0 Å². The minimum Gasteiger partial charge on any atom is -0.399 e. The Morgan fingerprint density at radius 3 is 2.26 bits per heavy atom. The van der Waals surface area contributed by atoms with Gasteiger partial charge >= 0.3 is 0 Å². The van der Waals surface area contributed by atoms with Crippen LogP contribution in [-0.4, -0.2) is 12.6 Å². The van der Waals surface area contributed by atoms with Crippen LogP contribution in [0.25, 0.3) is 0 Å². The maximum absolute atomic E-state index is 14.1. The van der Waals surface area contributed by atoms with E-state index in [4.69, 9.17) is 5.73 Å². The molecular weight excluding hydrogens is 246 g/mol. The van der Waals surface area contributed by atoms with Crippen molar-refractivity contribution in [1.29, 1.82) is 0 Å². The van der Waals surface area contributed by atoms with Crippen molar-refractivity contribution < 1.29 is 8.78 Å². The van der Waals surface area contributed by atoms with Crippen molar-refractivity contribution in [3.8, 4) is 0 Å². The fourth-order valence-electron chi connectivity index (χ4n) is 3.76. The monoisotopic (exact) mass is 266 g/mol. The highest BCUT2D eigenvalue weighted by Gasteiger charge is 2.35. The molecule has 0 amide bonds. The van der Waals surface area contributed by atoms with E-state index in [2.05, 4.69) is 0 Å². The van der Waals surface area contributed by atoms with E-state index in [0.29, 0.717) is 12.0 Å². The SMILES string of the molecule is Nc1cc(F)c(N2CCCC2C2CCCC2)c(F)c1. The van der Waals surface area contributed by atoms with Crippen molar-refractivity contribution in [3.63, 3.8) is 0 Å². The van der Waals surface area contributed by atoms with Crippen LogP contribution in [0, 0.1) is 17.6 Å². The third kappa shape index (κ3) is 2.28. The average Bonchev–Trinajstić information content (AvgIpc) is 2.96. The third-order valence-corrected chi connectivity index (χ3v) is 4.57. The van der Waals surface area contributed by atoms with Gasteiger partial charge in [-0.1, -0.05) is 12.8 Å². The van der Waals surface area contributed by atoms with Gasteiger partial charge in [0.1, 0.15) is 5.69 Å². The summed E-state index contributed by atoms with van der Waals surface area (Å²) in [5.41, 5.74) is 5.76. The van der Waals surface area contributed by atoms with Gasteiger partial charge in [-0.15, -0.1) is 0 Å². The summed E-state index contributed by atoms with van der Waals surface area (Å²) in [6.45, 7) is 0.749. The molecular formula is C15H20F2N2. The van der Waals surface area contributed by atoms with E-state index in [9.17, 15) is 8.78 Å². The minimum atomic E-state index is -0.526. The van der Waals surface area contributed by atoms with Crippen LogP contribution in [0.15, 0.2) is 12.1 Å². The quantitative estimate of drug-likeness (QED) is 0.827. The number of nitrogens with zero attached hydrogens (tertiary/aromatic N) is 1. The fourth-order valence-corrected chi connectivity index (χ4v) is 3.76. The lowest BCUT2D eigenvalue weighted by molar-refractivity contribution is 0.423. The van der Waals surface area contributed by atoms with E-state index in [0.717, 1.165) is 19.4 Å². The van der Waals surface area contributed by atoms with E-state index >= 15 is 0 Å². The van der Waals surface area contributed by atoms with Gasteiger partial charge in [-0.05, 0) is 43.7 Å². The summed E-state index contributed by atoms with van der Waals surface area (Å²) in [7, 11) is 0. The Morgan fingerprint density at radius 1 is 1.00 bits per heavy atom. The zero-order chi connectivity index (χ0) is 13.4. The van der Waals surface area contributed by atoms with Crippen molar-refractivity contribution in [1.82, 2.24) is 0 Å². The normalized spacial score (nSPS) is 24.3. The van der Waals surface area contributed by atoms with E-state index < -0.39 is 11.6 Å². The highest BCUT2D eigenvalue weighted by atomic mass is 19.1. The molecule has 2 N–H and O–H groups in total. The van der Waals surface area contributed by atoms with Crippen LogP contribution in [0.1, 0.15) is 38.5 Å². The van der Waals surface area contributed by atoms with Crippen molar-refractivity contribution in [2.45, 2.75) is 44.6 Å². The first-order chi connectivity index (χ1) is 9.16. The molecule has 0 radical (unpaired) electrons. The molecule has 1 aromatic carbocycles. The summed E-state index contributed by atoms with van der Waals surface area (Å²) in [4.78, 5) is 1.94. The summed E-state index contributed by atoms with van der Waals surface area (Å²) in [5.74, 6) is -0.455. The van der Waals surface area contributed by atoms with Crippen LogP contribution >= 0.6 is 0 Å². The van der Waals surface area contributed by atoms with E-state index in [1.807, 2.05) is 4.90 Å². The maximum atomic E-state index is 14.1. The van der Waals surface area contributed by atoms with Crippen molar-refractivity contribution in [3.05, 3.63) is 23.8 Å². The molecule has 1 saturated heterocycles. The lowest BCUT2D eigenvalue weighted by Crippen LogP contribution is -2.35. The zero-order valence-corrected chi connectivity index (χ0v) is 11.0. The second-order valence-corrected chi connectivity index (χ2v) is 5.78. The Kier molecular flexibility index (Phi) is 3.33. The first-order valence-electron chi connectivity index (χ1n) is 7.18. The number of hydrogen-bond acceptors (Lipinski definition) is 2. The summed E-state index contributed by atoms with van der Waals surface area (Å²) in [6, 6.07) is 2.75. The molecule has 2 aliphatic rings. The van der Waals surface area contributed by atoms with Gasteiger partial charge in [0.15, 0.2) is 11.6 Å². The van der Waals surface area contributed by atoms with Gasteiger partial charge in [-0.3, -0.25) is 0 Å². The smallest absolute Gasteiger partial charge is 0.151 e. The Labute approximate surface area is 112 Å². The lowest BCUT2D eigenvalue weighted by Gasteiger charge is -2.31. The number of anilines is 2. The molecule has 1 aliphatic heterocycles. The highest BCUT2D eigenvalue weighted by Crippen LogP contribution is 2.39. The molecule has 0 bridgehead atoms. The third-order valence-electron chi connectivity index (χ3n) is 4.57. The molecule has 104 valence electrons. The Balaban J connectivity index is 1.92. The summed E-state index contributed by atoms with van der Waals surface area (Å²) in [5, 5.41) is 0. The van der Waals surface area contributed by atoms with Gasteiger partial charge in [0.05, 0.1) is 0 Å².